The largest absolute Gasteiger partial charge is 0.352 e. The normalized spacial score (nSPS) is 22.9. The van der Waals surface area contributed by atoms with Crippen molar-refractivity contribution in [2.45, 2.75) is 45.6 Å². The molecule has 1 atom stereocenters. The van der Waals surface area contributed by atoms with E-state index in [0.717, 1.165) is 32.4 Å². The lowest BCUT2D eigenvalue weighted by Gasteiger charge is -2.36. The molecule has 0 bridgehead atoms. The number of fused-ring (bicyclic) bond motifs is 1. The van der Waals surface area contributed by atoms with Gasteiger partial charge in [-0.3, -0.25) is 4.79 Å². The summed E-state index contributed by atoms with van der Waals surface area (Å²) in [6, 6.07) is 8.79. The van der Waals surface area contributed by atoms with Crippen LogP contribution in [-0.2, 0) is 17.6 Å². The van der Waals surface area contributed by atoms with Crippen LogP contribution in [0.25, 0.3) is 0 Å². The van der Waals surface area contributed by atoms with Crippen molar-refractivity contribution in [3.05, 3.63) is 35.4 Å². The van der Waals surface area contributed by atoms with Crippen molar-refractivity contribution in [2.24, 2.45) is 11.3 Å². The van der Waals surface area contributed by atoms with Crippen LogP contribution < -0.4 is 10.6 Å². The Morgan fingerprint density at radius 2 is 1.90 bits per heavy atom. The third kappa shape index (κ3) is 2.98. The third-order valence-corrected chi connectivity index (χ3v) is 5.29. The SMILES string of the molecule is CC(C)(C(=O)NC1Cc2ccccc2C1)C1CCCNC1. The summed E-state index contributed by atoms with van der Waals surface area (Å²) in [5.74, 6) is 0.657. The van der Waals surface area contributed by atoms with E-state index >= 15 is 0 Å². The van der Waals surface area contributed by atoms with Crippen molar-refractivity contribution < 1.29 is 4.79 Å². The molecule has 0 spiro atoms. The van der Waals surface area contributed by atoms with Crippen molar-refractivity contribution in [3.8, 4) is 0 Å². The molecule has 1 aliphatic heterocycles. The maximum absolute atomic E-state index is 12.7. The highest BCUT2D eigenvalue weighted by Crippen LogP contribution is 2.32. The second-order valence-electron chi connectivity index (χ2n) is 7.11. The van der Waals surface area contributed by atoms with Crippen molar-refractivity contribution in [2.75, 3.05) is 13.1 Å². The van der Waals surface area contributed by atoms with Crippen molar-refractivity contribution in [3.63, 3.8) is 0 Å². The minimum atomic E-state index is -0.289. The monoisotopic (exact) mass is 286 g/mol. The van der Waals surface area contributed by atoms with E-state index in [0.29, 0.717) is 5.92 Å². The summed E-state index contributed by atoms with van der Waals surface area (Å²) in [6.45, 7) is 6.25. The molecule has 2 aliphatic rings. The topological polar surface area (TPSA) is 41.1 Å². The van der Waals surface area contributed by atoms with Crippen LogP contribution in [0.4, 0.5) is 0 Å². The molecule has 1 amide bonds. The molecule has 1 aliphatic carbocycles. The predicted molar refractivity (Wildman–Crippen MR) is 85.2 cm³/mol. The fourth-order valence-electron chi connectivity index (χ4n) is 3.69. The van der Waals surface area contributed by atoms with Gasteiger partial charge in [0.1, 0.15) is 0 Å². The predicted octanol–water partition coefficient (Wildman–Crippen LogP) is 2.30. The molecule has 1 aromatic rings. The van der Waals surface area contributed by atoms with Gasteiger partial charge in [-0.25, -0.2) is 0 Å². The number of amides is 1. The average Bonchev–Trinajstić information content (AvgIpc) is 2.90. The summed E-state index contributed by atoms with van der Waals surface area (Å²) in [6.07, 6.45) is 4.27. The van der Waals surface area contributed by atoms with Crippen LogP contribution in [0.2, 0.25) is 0 Å². The van der Waals surface area contributed by atoms with Crippen molar-refractivity contribution in [1.82, 2.24) is 10.6 Å². The second kappa shape index (κ2) is 5.80. The van der Waals surface area contributed by atoms with Gasteiger partial charge in [0.15, 0.2) is 0 Å². The Balaban J connectivity index is 1.61. The minimum absolute atomic E-state index is 0.217. The van der Waals surface area contributed by atoms with E-state index < -0.39 is 0 Å². The number of hydrogen-bond donors (Lipinski definition) is 2. The van der Waals surface area contributed by atoms with Crippen LogP contribution in [0, 0.1) is 11.3 Å². The molecule has 0 aromatic heterocycles. The Morgan fingerprint density at radius 1 is 1.24 bits per heavy atom. The average molecular weight is 286 g/mol. The van der Waals surface area contributed by atoms with Crippen LogP contribution in [0.5, 0.6) is 0 Å². The van der Waals surface area contributed by atoms with Crippen LogP contribution in [-0.4, -0.2) is 25.0 Å². The highest BCUT2D eigenvalue weighted by Gasteiger charge is 2.38. The molecule has 3 rings (SSSR count). The van der Waals surface area contributed by atoms with E-state index in [2.05, 4.69) is 48.7 Å². The fraction of sp³-hybridized carbons (Fsp3) is 0.611. The van der Waals surface area contributed by atoms with Gasteiger partial charge >= 0.3 is 0 Å². The van der Waals surface area contributed by atoms with E-state index in [-0.39, 0.29) is 17.4 Å². The number of hydrogen-bond acceptors (Lipinski definition) is 2. The second-order valence-corrected chi connectivity index (χ2v) is 7.11. The minimum Gasteiger partial charge on any atom is -0.352 e. The molecule has 1 fully saturated rings. The third-order valence-electron chi connectivity index (χ3n) is 5.29. The highest BCUT2D eigenvalue weighted by atomic mass is 16.2. The molecule has 1 heterocycles. The zero-order valence-corrected chi connectivity index (χ0v) is 13.1. The number of carbonyl (C=O) groups excluding carboxylic acids is 1. The van der Waals surface area contributed by atoms with Crippen LogP contribution in [0.1, 0.15) is 37.8 Å². The summed E-state index contributed by atoms with van der Waals surface area (Å²) in [5.41, 5.74) is 2.49. The maximum Gasteiger partial charge on any atom is 0.226 e. The molecular formula is C18H26N2O. The number of rotatable bonds is 3. The molecule has 2 N–H and O–H groups in total. The van der Waals surface area contributed by atoms with Gasteiger partial charge in [-0.15, -0.1) is 0 Å². The van der Waals surface area contributed by atoms with Gasteiger partial charge in [-0.05, 0) is 55.8 Å². The van der Waals surface area contributed by atoms with Crippen molar-refractivity contribution in [1.29, 1.82) is 0 Å². The summed E-state index contributed by atoms with van der Waals surface area (Å²) < 4.78 is 0. The molecule has 0 saturated carbocycles. The molecule has 114 valence electrons. The van der Waals surface area contributed by atoms with Gasteiger partial charge in [0, 0.05) is 11.5 Å². The molecule has 3 heteroatoms. The zero-order chi connectivity index (χ0) is 14.9. The number of benzene rings is 1. The lowest BCUT2D eigenvalue weighted by molar-refractivity contribution is -0.133. The molecule has 3 nitrogen and oxygen atoms in total. The highest BCUT2D eigenvalue weighted by molar-refractivity contribution is 5.82. The van der Waals surface area contributed by atoms with Gasteiger partial charge in [-0.1, -0.05) is 38.1 Å². The van der Waals surface area contributed by atoms with Gasteiger partial charge in [-0.2, -0.15) is 0 Å². The van der Waals surface area contributed by atoms with Crippen LogP contribution in [0.15, 0.2) is 24.3 Å². The molecule has 1 unspecified atom stereocenters. The Morgan fingerprint density at radius 3 is 2.48 bits per heavy atom. The first kappa shape index (κ1) is 14.6. The van der Waals surface area contributed by atoms with Gasteiger partial charge in [0.2, 0.25) is 5.91 Å². The Hall–Kier alpha value is -1.35. The number of nitrogens with one attached hydrogen (secondary N) is 2. The Bertz CT molecular complexity index is 493. The van der Waals surface area contributed by atoms with Crippen LogP contribution >= 0.6 is 0 Å². The molecule has 21 heavy (non-hydrogen) atoms. The lowest BCUT2D eigenvalue weighted by atomic mass is 9.74. The Kier molecular flexibility index (Phi) is 4.03. The fourth-order valence-corrected chi connectivity index (χ4v) is 3.69. The molecule has 1 aromatic carbocycles. The van der Waals surface area contributed by atoms with Gasteiger partial charge in [0.05, 0.1) is 0 Å². The molecular weight excluding hydrogens is 260 g/mol. The molecule has 1 saturated heterocycles. The summed E-state index contributed by atoms with van der Waals surface area (Å²) in [4.78, 5) is 12.7. The van der Waals surface area contributed by atoms with E-state index in [4.69, 9.17) is 0 Å². The van der Waals surface area contributed by atoms with Crippen LogP contribution in [0.3, 0.4) is 0 Å². The van der Waals surface area contributed by atoms with Gasteiger partial charge in [0.25, 0.3) is 0 Å². The summed E-state index contributed by atoms with van der Waals surface area (Å²) >= 11 is 0. The van der Waals surface area contributed by atoms with E-state index in [1.165, 1.54) is 17.5 Å². The zero-order valence-electron chi connectivity index (χ0n) is 13.1. The molecule has 0 radical (unpaired) electrons. The smallest absolute Gasteiger partial charge is 0.226 e. The first-order chi connectivity index (χ1) is 10.1. The summed E-state index contributed by atoms with van der Waals surface area (Å²) in [5, 5.41) is 6.72. The first-order valence-corrected chi connectivity index (χ1v) is 8.16. The van der Waals surface area contributed by atoms with E-state index in [1.807, 2.05) is 0 Å². The standard InChI is InChI=1S/C18H26N2O/c1-18(2,15-8-5-9-19-12-15)17(21)20-16-10-13-6-3-4-7-14(13)11-16/h3-4,6-7,15-16,19H,5,8-12H2,1-2H3,(H,20,21). The van der Waals surface area contributed by atoms with Gasteiger partial charge < -0.3 is 10.6 Å². The maximum atomic E-state index is 12.7. The first-order valence-electron chi connectivity index (χ1n) is 8.16. The van der Waals surface area contributed by atoms with Crippen molar-refractivity contribution >= 4 is 5.91 Å². The lowest BCUT2D eigenvalue weighted by Crippen LogP contribution is -2.50. The number of piperidine rings is 1. The number of carbonyl (C=O) groups is 1. The Labute approximate surface area is 127 Å². The van der Waals surface area contributed by atoms with E-state index in [9.17, 15) is 4.79 Å². The quantitative estimate of drug-likeness (QED) is 0.895. The van der Waals surface area contributed by atoms with E-state index in [1.54, 1.807) is 0 Å². The summed E-state index contributed by atoms with van der Waals surface area (Å²) in [7, 11) is 0.